The SMILES string of the molecule is CC(C)C(O)CNc1cc(N)nc(C(C)(C)C)n1. The van der Waals surface area contributed by atoms with Crippen LogP contribution in [0.3, 0.4) is 0 Å². The van der Waals surface area contributed by atoms with E-state index in [1.165, 1.54) is 0 Å². The molecule has 18 heavy (non-hydrogen) atoms. The smallest absolute Gasteiger partial charge is 0.138 e. The van der Waals surface area contributed by atoms with Crippen LogP contribution in [0.1, 0.15) is 40.4 Å². The van der Waals surface area contributed by atoms with Crippen molar-refractivity contribution < 1.29 is 5.11 Å². The zero-order chi connectivity index (χ0) is 13.9. The minimum atomic E-state index is -0.403. The molecule has 5 heteroatoms. The summed E-state index contributed by atoms with van der Waals surface area (Å²) in [5.74, 6) is 2.01. The summed E-state index contributed by atoms with van der Waals surface area (Å²) in [7, 11) is 0. The van der Waals surface area contributed by atoms with Crippen molar-refractivity contribution in [1.82, 2.24) is 9.97 Å². The molecule has 0 saturated heterocycles. The molecule has 0 amide bonds. The Hall–Kier alpha value is -1.36. The summed E-state index contributed by atoms with van der Waals surface area (Å²) >= 11 is 0. The van der Waals surface area contributed by atoms with Crippen LogP contribution in [0.5, 0.6) is 0 Å². The van der Waals surface area contributed by atoms with Gasteiger partial charge in [-0.1, -0.05) is 34.6 Å². The largest absolute Gasteiger partial charge is 0.391 e. The van der Waals surface area contributed by atoms with Crippen LogP contribution >= 0.6 is 0 Å². The van der Waals surface area contributed by atoms with Crippen molar-refractivity contribution in [2.24, 2.45) is 5.92 Å². The van der Waals surface area contributed by atoms with Gasteiger partial charge in [0.2, 0.25) is 0 Å². The molecule has 1 aromatic heterocycles. The van der Waals surface area contributed by atoms with Crippen LogP contribution < -0.4 is 11.1 Å². The zero-order valence-electron chi connectivity index (χ0n) is 11.9. The highest BCUT2D eigenvalue weighted by molar-refractivity contribution is 5.45. The Morgan fingerprint density at radius 3 is 2.44 bits per heavy atom. The van der Waals surface area contributed by atoms with Gasteiger partial charge in [0, 0.05) is 18.0 Å². The third kappa shape index (κ3) is 4.14. The van der Waals surface area contributed by atoms with Gasteiger partial charge in [0.25, 0.3) is 0 Å². The molecule has 1 unspecified atom stereocenters. The summed E-state index contributed by atoms with van der Waals surface area (Å²) in [6.45, 7) is 10.5. The standard InChI is InChI=1S/C13H24N4O/c1-8(2)9(18)7-15-11-6-10(14)16-12(17-11)13(3,4)5/h6,8-9,18H,7H2,1-5H3,(H3,14,15,16,17). The number of nitrogen functional groups attached to an aromatic ring is 1. The average molecular weight is 252 g/mol. The summed E-state index contributed by atoms with van der Waals surface area (Å²) in [5.41, 5.74) is 5.62. The number of aromatic nitrogens is 2. The molecule has 0 bridgehead atoms. The number of anilines is 2. The summed E-state index contributed by atoms with van der Waals surface area (Å²) in [4.78, 5) is 8.65. The van der Waals surface area contributed by atoms with E-state index in [2.05, 4.69) is 15.3 Å². The van der Waals surface area contributed by atoms with Gasteiger partial charge >= 0.3 is 0 Å². The number of hydrogen-bond acceptors (Lipinski definition) is 5. The van der Waals surface area contributed by atoms with Gasteiger partial charge in [-0.05, 0) is 5.92 Å². The molecule has 1 aromatic rings. The summed E-state index contributed by atoms with van der Waals surface area (Å²) in [6, 6.07) is 1.68. The van der Waals surface area contributed by atoms with Gasteiger partial charge < -0.3 is 16.2 Å². The first kappa shape index (κ1) is 14.7. The van der Waals surface area contributed by atoms with Crippen LogP contribution in [0.2, 0.25) is 0 Å². The van der Waals surface area contributed by atoms with Crippen molar-refractivity contribution in [2.45, 2.75) is 46.1 Å². The van der Waals surface area contributed by atoms with Crippen molar-refractivity contribution >= 4 is 11.6 Å². The Labute approximate surface area is 109 Å². The molecule has 0 aromatic carbocycles. The Kier molecular flexibility index (Phi) is 4.51. The van der Waals surface area contributed by atoms with Crippen molar-refractivity contribution in [2.75, 3.05) is 17.6 Å². The first-order valence-corrected chi connectivity index (χ1v) is 6.27. The van der Waals surface area contributed by atoms with Crippen LogP contribution in [0.4, 0.5) is 11.6 Å². The molecule has 4 N–H and O–H groups in total. The Bertz CT molecular complexity index is 398. The predicted octanol–water partition coefficient (Wildman–Crippen LogP) is 1.79. The second-order valence-electron chi connectivity index (χ2n) is 5.94. The molecule has 102 valence electrons. The molecule has 1 rings (SSSR count). The van der Waals surface area contributed by atoms with E-state index in [-0.39, 0.29) is 11.3 Å². The van der Waals surface area contributed by atoms with Crippen LogP contribution in [0.15, 0.2) is 6.07 Å². The highest BCUT2D eigenvalue weighted by Gasteiger charge is 2.19. The first-order chi connectivity index (χ1) is 8.20. The molecular weight excluding hydrogens is 228 g/mol. The number of aliphatic hydroxyl groups is 1. The lowest BCUT2D eigenvalue weighted by Gasteiger charge is -2.19. The van der Waals surface area contributed by atoms with E-state index in [0.717, 1.165) is 0 Å². The topological polar surface area (TPSA) is 84.1 Å². The molecule has 0 saturated carbocycles. The lowest BCUT2D eigenvalue weighted by Crippen LogP contribution is -2.26. The molecule has 1 atom stereocenters. The fourth-order valence-electron chi connectivity index (χ4n) is 1.34. The second kappa shape index (κ2) is 5.52. The van der Waals surface area contributed by atoms with Gasteiger partial charge in [-0.25, -0.2) is 9.97 Å². The molecule has 0 fully saturated rings. The van der Waals surface area contributed by atoms with E-state index in [1.54, 1.807) is 6.07 Å². The summed E-state index contributed by atoms with van der Waals surface area (Å²) in [5, 5.41) is 12.8. The van der Waals surface area contributed by atoms with E-state index in [4.69, 9.17) is 5.73 Å². The van der Waals surface area contributed by atoms with E-state index in [9.17, 15) is 5.11 Å². The average Bonchev–Trinajstić information content (AvgIpc) is 2.23. The number of aliphatic hydroxyl groups excluding tert-OH is 1. The van der Waals surface area contributed by atoms with Gasteiger partial charge in [-0.2, -0.15) is 0 Å². The van der Waals surface area contributed by atoms with Gasteiger partial charge in [0.1, 0.15) is 17.5 Å². The van der Waals surface area contributed by atoms with Crippen molar-refractivity contribution in [1.29, 1.82) is 0 Å². The predicted molar refractivity (Wildman–Crippen MR) is 74.5 cm³/mol. The van der Waals surface area contributed by atoms with Crippen molar-refractivity contribution in [3.8, 4) is 0 Å². The molecule has 5 nitrogen and oxygen atoms in total. The minimum absolute atomic E-state index is 0.150. The normalized spacial score (nSPS) is 13.7. The Morgan fingerprint density at radius 2 is 1.94 bits per heavy atom. The molecule has 0 aliphatic heterocycles. The summed E-state index contributed by atoms with van der Waals surface area (Å²) in [6.07, 6.45) is -0.403. The van der Waals surface area contributed by atoms with Crippen LogP contribution in [-0.2, 0) is 5.41 Å². The Morgan fingerprint density at radius 1 is 1.33 bits per heavy atom. The van der Waals surface area contributed by atoms with Gasteiger partial charge in [0.15, 0.2) is 0 Å². The monoisotopic (exact) mass is 252 g/mol. The number of nitrogens with zero attached hydrogens (tertiary/aromatic N) is 2. The van der Waals surface area contributed by atoms with Gasteiger partial charge in [0.05, 0.1) is 6.10 Å². The minimum Gasteiger partial charge on any atom is -0.391 e. The van der Waals surface area contributed by atoms with Crippen LogP contribution in [0, 0.1) is 5.92 Å². The number of hydrogen-bond donors (Lipinski definition) is 3. The molecule has 0 radical (unpaired) electrons. The highest BCUT2D eigenvalue weighted by Crippen LogP contribution is 2.21. The van der Waals surface area contributed by atoms with Gasteiger partial charge in [-0.15, -0.1) is 0 Å². The fraction of sp³-hybridized carbons (Fsp3) is 0.692. The van der Waals surface area contributed by atoms with Gasteiger partial charge in [-0.3, -0.25) is 0 Å². The zero-order valence-corrected chi connectivity index (χ0v) is 11.9. The van der Waals surface area contributed by atoms with E-state index in [0.29, 0.717) is 24.0 Å². The van der Waals surface area contributed by atoms with Crippen molar-refractivity contribution in [3.05, 3.63) is 11.9 Å². The highest BCUT2D eigenvalue weighted by atomic mass is 16.3. The molecule has 0 aliphatic rings. The van der Waals surface area contributed by atoms with Crippen molar-refractivity contribution in [3.63, 3.8) is 0 Å². The lowest BCUT2D eigenvalue weighted by atomic mass is 9.96. The maximum absolute atomic E-state index is 9.75. The summed E-state index contributed by atoms with van der Waals surface area (Å²) < 4.78 is 0. The van der Waals surface area contributed by atoms with E-state index in [1.807, 2.05) is 34.6 Å². The maximum Gasteiger partial charge on any atom is 0.138 e. The third-order valence-electron chi connectivity index (χ3n) is 2.68. The number of nitrogens with one attached hydrogen (secondary N) is 1. The van der Waals surface area contributed by atoms with E-state index < -0.39 is 6.10 Å². The van der Waals surface area contributed by atoms with E-state index >= 15 is 0 Å². The molecule has 0 aliphatic carbocycles. The third-order valence-corrected chi connectivity index (χ3v) is 2.68. The molecular formula is C13H24N4O. The fourth-order valence-corrected chi connectivity index (χ4v) is 1.34. The second-order valence-corrected chi connectivity index (χ2v) is 5.94. The molecule has 1 heterocycles. The number of nitrogens with two attached hydrogens (primary N) is 1. The number of rotatable bonds is 4. The quantitative estimate of drug-likeness (QED) is 0.760. The van der Waals surface area contributed by atoms with Crippen LogP contribution in [0.25, 0.3) is 0 Å². The Balaban J connectivity index is 2.81. The maximum atomic E-state index is 9.75. The lowest BCUT2D eigenvalue weighted by molar-refractivity contribution is 0.138. The first-order valence-electron chi connectivity index (χ1n) is 6.27. The molecule has 0 spiro atoms. The van der Waals surface area contributed by atoms with Crippen LogP contribution in [-0.4, -0.2) is 27.7 Å².